The Labute approximate surface area is 174 Å². The molecule has 0 spiro atoms. The number of hydrogen-bond donors (Lipinski definition) is 1. The van der Waals surface area contributed by atoms with Crippen LogP contribution >= 0.6 is 0 Å². The highest BCUT2D eigenvalue weighted by molar-refractivity contribution is 7.89. The molecule has 0 fully saturated rings. The molecule has 2 rings (SSSR count). The lowest BCUT2D eigenvalue weighted by molar-refractivity contribution is -0.106. The van der Waals surface area contributed by atoms with Crippen molar-refractivity contribution in [3.05, 3.63) is 66.2 Å². The predicted molar refractivity (Wildman–Crippen MR) is 124 cm³/mol. The van der Waals surface area contributed by atoms with E-state index in [0.717, 1.165) is 6.29 Å². The van der Waals surface area contributed by atoms with Gasteiger partial charge in [-0.15, -0.1) is 0 Å². The average molecular weight is 412 g/mol. The van der Waals surface area contributed by atoms with Crippen LogP contribution in [0, 0.1) is 6.92 Å². The second-order valence-electron chi connectivity index (χ2n) is 4.20. The number of carbonyl (C=O) groups is 1. The topological polar surface area (TPSA) is 63.2 Å². The van der Waals surface area contributed by atoms with E-state index >= 15 is 0 Å². The Morgan fingerprint density at radius 1 is 0.786 bits per heavy atom. The van der Waals surface area contributed by atoms with Gasteiger partial charge in [0.2, 0.25) is 10.0 Å². The second kappa shape index (κ2) is 27.2. The van der Waals surface area contributed by atoms with Gasteiger partial charge in [0.05, 0.1) is 4.90 Å². The smallest absolute Gasteiger partial charge is 0.240 e. The van der Waals surface area contributed by atoms with E-state index in [1.807, 2.05) is 59.7 Å². The Bertz CT molecular complexity index is 613. The third-order valence-corrected chi connectivity index (χ3v) is 3.89. The van der Waals surface area contributed by atoms with Gasteiger partial charge in [0.25, 0.3) is 0 Å². The molecule has 0 saturated heterocycles. The lowest BCUT2D eigenvalue weighted by Gasteiger charge is -2.02. The van der Waals surface area contributed by atoms with Gasteiger partial charge in [0, 0.05) is 6.54 Å². The first kappa shape index (κ1) is 33.6. The van der Waals surface area contributed by atoms with E-state index in [9.17, 15) is 8.42 Å². The fraction of sp³-hybridized carbons (Fsp3) is 0.435. The fourth-order valence-electron chi connectivity index (χ4n) is 1.41. The minimum absolute atomic E-state index is 0.312. The molecule has 0 aliphatic carbocycles. The number of hydrogen-bond acceptors (Lipinski definition) is 3. The van der Waals surface area contributed by atoms with Gasteiger partial charge in [0.1, 0.15) is 6.29 Å². The molecule has 2 aromatic carbocycles. The molecule has 0 bridgehead atoms. The summed E-state index contributed by atoms with van der Waals surface area (Å²) >= 11 is 0. The SMILES string of the molecule is CC.CC.CC.CC=O.CCNS(=O)(=O)c1ccccc1.Cc1ccccc1. The third kappa shape index (κ3) is 22.1. The average Bonchev–Trinajstić information content (AvgIpc) is 2.75. The molecule has 0 amide bonds. The normalized spacial score (nSPS) is 8.18. The molecule has 1 N–H and O–H groups in total. The van der Waals surface area contributed by atoms with E-state index in [-0.39, 0.29) is 0 Å². The zero-order chi connectivity index (χ0) is 22.8. The van der Waals surface area contributed by atoms with Gasteiger partial charge in [-0.2, -0.15) is 0 Å². The van der Waals surface area contributed by atoms with Crippen LogP contribution in [0.1, 0.15) is 61.0 Å². The van der Waals surface area contributed by atoms with Crippen LogP contribution in [-0.4, -0.2) is 21.2 Å². The largest absolute Gasteiger partial charge is 0.304 e. The van der Waals surface area contributed by atoms with Crippen molar-refractivity contribution in [2.24, 2.45) is 0 Å². The van der Waals surface area contributed by atoms with Crippen molar-refractivity contribution in [2.45, 2.75) is 67.2 Å². The van der Waals surface area contributed by atoms with E-state index in [1.165, 1.54) is 12.5 Å². The van der Waals surface area contributed by atoms with Gasteiger partial charge in [-0.05, 0) is 26.0 Å². The summed E-state index contributed by atoms with van der Waals surface area (Å²) in [5.41, 5.74) is 1.32. The quantitative estimate of drug-likeness (QED) is 0.606. The summed E-state index contributed by atoms with van der Waals surface area (Å²) < 4.78 is 25.1. The number of nitrogens with one attached hydrogen (secondary N) is 1. The Kier molecular flexibility index (Phi) is 32.7. The molecular weight excluding hydrogens is 370 g/mol. The first-order chi connectivity index (χ1) is 13.5. The summed E-state index contributed by atoms with van der Waals surface area (Å²) in [6.07, 6.45) is 0.750. The van der Waals surface area contributed by atoms with Crippen molar-refractivity contribution in [3.63, 3.8) is 0 Å². The van der Waals surface area contributed by atoms with Crippen molar-refractivity contribution in [1.29, 1.82) is 0 Å². The van der Waals surface area contributed by atoms with Crippen LogP contribution in [0.2, 0.25) is 0 Å². The van der Waals surface area contributed by atoms with Gasteiger partial charge in [-0.3, -0.25) is 0 Å². The fourth-order valence-corrected chi connectivity index (χ4v) is 2.47. The molecule has 0 atom stereocenters. The zero-order valence-electron chi connectivity index (χ0n) is 19.2. The van der Waals surface area contributed by atoms with E-state index in [0.29, 0.717) is 11.4 Å². The molecular formula is C23H41NO3S. The molecule has 162 valence electrons. The van der Waals surface area contributed by atoms with E-state index in [1.54, 1.807) is 37.3 Å². The first-order valence-corrected chi connectivity index (χ1v) is 11.4. The van der Waals surface area contributed by atoms with Gasteiger partial charge in [-0.1, -0.05) is 103 Å². The standard InChI is InChI=1S/C8H11NO2S.C7H8.C2H4O.3C2H6/c1-2-9-12(10,11)8-6-4-3-5-7-8;1-7-5-3-2-4-6-7;1-2-3;3*1-2/h3-7,9H,2H2,1H3;2-6H,1H3;2H,1H3;3*1-2H3. The zero-order valence-corrected chi connectivity index (χ0v) is 20.0. The summed E-state index contributed by atoms with van der Waals surface area (Å²) in [5.74, 6) is 0. The van der Waals surface area contributed by atoms with Crippen LogP contribution in [0.4, 0.5) is 0 Å². The highest BCUT2D eigenvalue weighted by atomic mass is 32.2. The first-order valence-electron chi connectivity index (χ1n) is 9.94. The van der Waals surface area contributed by atoms with E-state index < -0.39 is 10.0 Å². The summed E-state index contributed by atoms with van der Waals surface area (Å²) in [7, 11) is -3.26. The maximum absolute atomic E-state index is 11.3. The minimum Gasteiger partial charge on any atom is -0.304 e. The second-order valence-corrected chi connectivity index (χ2v) is 5.97. The van der Waals surface area contributed by atoms with Crippen LogP contribution < -0.4 is 4.72 Å². The number of aldehydes is 1. The summed E-state index contributed by atoms with van der Waals surface area (Å²) in [4.78, 5) is 9.12. The van der Waals surface area contributed by atoms with Crippen LogP contribution in [-0.2, 0) is 14.8 Å². The Hall–Kier alpha value is -1.98. The van der Waals surface area contributed by atoms with Crippen LogP contribution in [0.25, 0.3) is 0 Å². The van der Waals surface area contributed by atoms with Gasteiger partial charge in [0.15, 0.2) is 0 Å². The van der Waals surface area contributed by atoms with Gasteiger partial charge >= 0.3 is 0 Å². The molecule has 0 aliphatic rings. The molecule has 4 nitrogen and oxygen atoms in total. The van der Waals surface area contributed by atoms with E-state index in [4.69, 9.17) is 4.79 Å². The maximum Gasteiger partial charge on any atom is 0.240 e. The Morgan fingerprint density at radius 2 is 1.11 bits per heavy atom. The minimum atomic E-state index is -3.26. The Balaban J connectivity index is -0.000000153. The monoisotopic (exact) mass is 411 g/mol. The van der Waals surface area contributed by atoms with Crippen molar-refractivity contribution in [1.82, 2.24) is 4.72 Å². The van der Waals surface area contributed by atoms with Crippen molar-refractivity contribution < 1.29 is 13.2 Å². The molecule has 0 unspecified atom stereocenters. The highest BCUT2D eigenvalue weighted by Crippen LogP contribution is 2.05. The van der Waals surface area contributed by atoms with Crippen LogP contribution in [0.5, 0.6) is 0 Å². The highest BCUT2D eigenvalue weighted by Gasteiger charge is 2.09. The number of sulfonamides is 1. The lowest BCUT2D eigenvalue weighted by atomic mass is 10.2. The lowest BCUT2D eigenvalue weighted by Crippen LogP contribution is -2.22. The van der Waals surface area contributed by atoms with Crippen LogP contribution in [0.15, 0.2) is 65.6 Å². The van der Waals surface area contributed by atoms with Gasteiger partial charge < -0.3 is 4.79 Å². The molecule has 0 radical (unpaired) electrons. The summed E-state index contributed by atoms with van der Waals surface area (Å²) in [6.45, 7) is 17.7. The summed E-state index contributed by atoms with van der Waals surface area (Å²) in [5, 5.41) is 0. The molecule has 0 saturated carbocycles. The third-order valence-electron chi connectivity index (χ3n) is 2.33. The maximum atomic E-state index is 11.3. The molecule has 5 heteroatoms. The molecule has 0 aromatic heterocycles. The van der Waals surface area contributed by atoms with Crippen molar-refractivity contribution in [3.8, 4) is 0 Å². The Morgan fingerprint density at radius 3 is 1.36 bits per heavy atom. The number of benzene rings is 2. The van der Waals surface area contributed by atoms with Gasteiger partial charge in [-0.25, -0.2) is 13.1 Å². The van der Waals surface area contributed by atoms with Crippen molar-refractivity contribution in [2.75, 3.05) is 6.54 Å². The van der Waals surface area contributed by atoms with Crippen LogP contribution in [0.3, 0.4) is 0 Å². The molecule has 0 aliphatic heterocycles. The summed E-state index contributed by atoms with van der Waals surface area (Å²) in [6, 6.07) is 18.6. The van der Waals surface area contributed by atoms with Crippen molar-refractivity contribution >= 4 is 16.3 Å². The molecule has 2 aromatic rings. The van der Waals surface area contributed by atoms with E-state index in [2.05, 4.69) is 23.8 Å². The predicted octanol–water partition coefficient (Wildman–Crippen LogP) is 6.26. The number of aryl methyl sites for hydroxylation is 1. The molecule has 0 heterocycles. The molecule has 28 heavy (non-hydrogen) atoms. The number of carbonyl (C=O) groups excluding carboxylic acids is 1. The number of rotatable bonds is 3.